The molecule has 1 atom stereocenters. The molecule has 0 aliphatic rings. The minimum atomic E-state index is -3.86. The number of halogens is 3. The van der Waals surface area contributed by atoms with Crippen LogP contribution in [0.25, 0.3) is 0 Å². The van der Waals surface area contributed by atoms with Gasteiger partial charge in [0.25, 0.3) is 0 Å². The van der Waals surface area contributed by atoms with Crippen molar-refractivity contribution in [3.63, 3.8) is 0 Å². The zero-order chi connectivity index (χ0) is 24.1. The SMILES string of the molecule is CCNC(=O)C(C)N(Cc1ccc(Br)cc1)C(=O)CN(c1ccc(Cl)cc1Cl)S(C)(=O)=O. The molecule has 0 aromatic heterocycles. The summed E-state index contributed by atoms with van der Waals surface area (Å²) in [4.78, 5) is 27.2. The van der Waals surface area contributed by atoms with Gasteiger partial charge in [0, 0.05) is 22.6 Å². The number of anilines is 1. The zero-order valence-corrected chi connectivity index (χ0v) is 21.7. The molecule has 174 valence electrons. The average Bonchev–Trinajstić information content (AvgIpc) is 2.71. The van der Waals surface area contributed by atoms with Crippen molar-refractivity contribution in [2.75, 3.05) is 23.7 Å². The number of benzene rings is 2. The van der Waals surface area contributed by atoms with Crippen molar-refractivity contribution < 1.29 is 18.0 Å². The van der Waals surface area contributed by atoms with Crippen molar-refractivity contribution in [1.29, 1.82) is 0 Å². The van der Waals surface area contributed by atoms with E-state index in [0.717, 1.165) is 20.6 Å². The molecule has 0 bridgehead atoms. The van der Waals surface area contributed by atoms with E-state index < -0.39 is 28.5 Å². The van der Waals surface area contributed by atoms with Crippen LogP contribution >= 0.6 is 39.1 Å². The lowest BCUT2D eigenvalue weighted by Gasteiger charge is -2.31. The highest BCUT2D eigenvalue weighted by Crippen LogP contribution is 2.30. The average molecular weight is 565 g/mol. The third kappa shape index (κ3) is 7.10. The maximum atomic E-state index is 13.3. The van der Waals surface area contributed by atoms with Gasteiger partial charge in [-0.1, -0.05) is 51.3 Å². The molecular formula is C21H24BrCl2N3O4S. The van der Waals surface area contributed by atoms with Crippen LogP contribution in [0.15, 0.2) is 46.9 Å². The fraction of sp³-hybridized carbons (Fsp3) is 0.333. The van der Waals surface area contributed by atoms with E-state index in [4.69, 9.17) is 23.2 Å². The van der Waals surface area contributed by atoms with Crippen LogP contribution in [0.1, 0.15) is 19.4 Å². The fourth-order valence-corrected chi connectivity index (χ4v) is 4.66. The number of carbonyl (C=O) groups excluding carboxylic acids is 2. The van der Waals surface area contributed by atoms with Crippen molar-refractivity contribution >= 4 is 66.7 Å². The first-order valence-corrected chi connectivity index (χ1v) is 13.1. The molecule has 1 N–H and O–H groups in total. The minimum Gasteiger partial charge on any atom is -0.355 e. The third-order valence-corrected chi connectivity index (χ3v) is 6.84. The highest BCUT2D eigenvalue weighted by atomic mass is 79.9. The number of amides is 2. The van der Waals surface area contributed by atoms with Gasteiger partial charge in [-0.05, 0) is 49.7 Å². The van der Waals surface area contributed by atoms with Crippen molar-refractivity contribution in [3.05, 3.63) is 62.5 Å². The van der Waals surface area contributed by atoms with Gasteiger partial charge in [0.2, 0.25) is 21.8 Å². The number of sulfonamides is 1. The molecule has 7 nitrogen and oxygen atoms in total. The van der Waals surface area contributed by atoms with Gasteiger partial charge in [0.15, 0.2) is 0 Å². The van der Waals surface area contributed by atoms with Gasteiger partial charge in [-0.3, -0.25) is 13.9 Å². The molecule has 0 saturated heterocycles. The molecule has 2 aromatic carbocycles. The summed E-state index contributed by atoms with van der Waals surface area (Å²) >= 11 is 15.5. The predicted octanol–water partition coefficient (Wildman–Crippen LogP) is 4.08. The van der Waals surface area contributed by atoms with Gasteiger partial charge in [-0.2, -0.15) is 0 Å². The first-order chi connectivity index (χ1) is 14.9. The van der Waals surface area contributed by atoms with Crippen molar-refractivity contribution in [3.8, 4) is 0 Å². The number of hydrogen-bond acceptors (Lipinski definition) is 4. The largest absolute Gasteiger partial charge is 0.355 e. The van der Waals surface area contributed by atoms with Gasteiger partial charge in [-0.25, -0.2) is 8.42 Å². The summed E-state index contributed by atoms with van der Waals surface area (Å²) in [6, 6.07) is 10.8. The van der Waals surface area contributed by atoms with Gasteiger partial charge < -0.3 is 10.2 Å². The molecule has 0 aliphatic heterocycles. The van der Waals surface area contributed by atoms with Gasteiger partial charge in [0.05, 0.1) is 17.0 Å². The molecule has 2 rings (SSSR count). The first-order valence-electron chi connectivity index (χ1n) is 9.68. The van der Waals surface area contributed by atoms with Gasteiger partial charge in [-0.15, -0.1) is 0 Å². The Morgan fingerprint density at radius 3 is 2.28 bits per heavy atom. The van der Waals surface area contributed by atoms with Crippen molar-refractivity contribution in [1.82, 2.24) is 10.2 Å². The second-order valence-electron chi connectivity index (χ2n) is 7.08. The smallest absolute Gasteiger partial charge is 0.244 e. The summed E-state index contributed by atoms with van der Waals surface area (Å²) in [6.07, 6.45) is 0.984. The molecule has 11 heteroatoms. The Labute approximate surface area is 206 Å². The zero-order valence-electron chi connectivity index (χ0n) is 17.8. The quantitative estimate of drug-likeness (QED) is 0.497. The number of likely N-dealkylation sites (N-methyl/N-ethyl adjacent to an activating group) is 1. The second-order valence-corrected chi connectivity index (χ2v) is 10.8. The molecule has 1 unspecified atom stereocenters. The van der Waals surface area contributed by atoms with E-state index in [2.05, 4.69) is 21.2 Å². The molecule has 0 radical (unpaired) electrons. The van der Waals surface area contributed by atoms with E-state index in [0.29, 0.717) is 11.6 Å². The van der Waals surface area contributed by atoms with Crippen LogP contribution in [0.4, 0.5) is 5.69 Å². The second kappa shape index (κ2) is 11.4. The number of hydrogen-bond donors (Lipinski definition) is 1. The Morgan fingerprint density at radius 1 is 1.12 bits per heavy atom. The van der Waals surface area contributed by atoms with E-state index in [9.17, 15) is 18.0 Å². The van der Waals surface area contributed by atoms with Gasteiger partial charge in [0.1, 0.15) is 12.6 Å². The van der Waals surface area contributed by atoms with E-state index in [1.165, 1.54) is 23.1 Å². The molecule has 0 heterocycles. The first kappa shape index (κ1) is 26.4. The monoisotopic (exact) mass is 563 g/mol. The molecule has 0 aliphatic carbocycles. The lowest BCUT2D eigenvalue weighted by Crippen LogP contribution is -2.51. The molecule has 0 spiro atoms. The molecule has 0 fully saturated rings. The van der Waals surface area contributed by atoms with E-state index in [-0.39, 0.29) is 23.2 Å². The lowest BCUT2D eigenvalue weighted by molar-refractivity contribution is -0.139. The maximum absolute atomic E-state index is 13.3. The van der Waals surface area contributed by atoms with Crippen LogP contribution in [-0.4, -0.2) is 50.5 Å². The fourth-order valence-electron chi connectivity index (χ4n) is 2.97. The summed E-state index contributed by atoms with van der Waals surface area (Å²) in [5.41, 5.74) is 0.911. The topological polar surface area (TPSA) is 86.8 Å². The van der Waals surface area contributed by atoms with Crippen LogP contribution in [0.3, 0.4) is 0 Å². The summed E-state index contributed by atoms with van der Waals surface area (Å²) in [5, 5.41) is 3.12. The Morgan fingerprint density at radius 2 is 1.75 bits per heavy atom. The Hall–Kier alpha value is -1.81. The van der Waals surface area contributed by atoms with Crippen LogP contribution < -0.4 is 9.62 Å². The Bertz CT molecular complexity index is 1080. The van der Waals surface area contributed by atoms with Crippen LogP contribution in [0.2, 0.25) is 10.0 Å². The number of carbonyl (C=O) groups is 2. The third-order valence-electron chi connectivity index (χ3n) is 4.64. The van der Waals surface area contributed by atoms with E-state index in [1.54, 1.807) is 13.8 Å². The van der Waals surface area contributed by atoms with Crippen LogP contribution in [0, 0.1) is 0 Å². The highest BCUT2D eigenvalue weighted by molar-refractivity contribution is 9.10. The summed E-state index contributed by atoms with van der Waals surface area (Å²) in [5.74, 6) is -0.892. The normalized spacial score (nSPS) is 12.2. The number of rotatable bonds is 9. The van der Waals surface area contributed by atoms with Crippen LogP contribution in [-0.2, 0) is 26.2 Å². The minimum absolute atomic E-state index is 0.0898. The Balaban J connectivity index is 2.40. The maximum Gasteiger partial charge on any atom is 0.244 e. The number of nitrogens with zero attached hydrogens (tertiary/aromatic N) is 2. The standard InChI is InChI=1S/C21H24BrCl2N3O4S/c1-4-25-21(29)14(2)26(12-15-5-7-16(22)8-6-15)20(28)13-27(32(3,30)31)19-10-9-17(23)11-18(19)24/h5-11,14H,4,12-13H2,1-3H3,(H,25,29). The van der Waals surface area contributed by atoms with Crippen molar-refractivity contribution in [2.45, 2.75) is 26.4 Å². The summed E-state index contributed by atoms with van der Waals surface area (Å²) in [6.45, 7) is 3.37. The highest BCUT2D eigenvalue weighted by Gasteiger charge is 2.30. The molecule has 2 aromatic rings. The summed E-state index contributed by atoms with van der Waals surface area (Å²) in [7, 11) is -3.86. The van der Waals surface area contributed by atoms with E-state index >= 15 is 0 Å². The lowest BCUT2D eigenvalue weighted by atomic mass is 10.1. The van der Waals surface area contributed by atoms with Crippen LogP contribution in [0.5, 0.6) is 0 Å². The summed E-state index contributed by atoms with van der Waals surface area (Å²) < 4.78 is 26.8. The predicted molar refractivity (Wildman–Crippen MR) is 131 cm³/mol. The number of nitrogens with one attached hydrogen (secondary N) is 1. The molecule has 0 saturated carbocycles. The Kier molecular flexibility index (Phi) is 9.39. The van der Waals surface area contributed by atoms with Crippen molar-refractivity contribution in [2.24, 2.45) is 0 Å². The molecular weight excluding hydrogens is 541 g/mol. The van der Waals surface area contributed by atoms with E-state index in [1.807, 2.05) is 24.3 Å². The van der Waals surface area contributed by atoms with Gasteiger partial charge >= 0.3 is 0 Å². The molecule has 32 heavy (non-hydrogen) atoms. The molecule has 2 amide bonds.